The Morgan fingerprint density at radius 1 is 1.17 bits per heavy atom. The molecule has 1 fully saturated rings. The molecule has 2 unspecified atom stereocenters. The second-order valence-corrected chi connectivity index (χ2v) is 7.67. The highest BCUT2D eigenvalue weighted by Crippen LogP contribution is 2.32. The van der Waals surface area contributed by atoms with Gasteiger partial charge in [0.15, 0.2) is 9.84 Å². The molecule has 0 spiro atoms. The van der Waals surface area contributed by atoms with Crippen LogP contribution in [0.2, 0.25) is 10.0 Å². The van der Waals surface area contributed by atoms with Crippen LogP contribution in [-0.2, 0) is 9.84 Å². The van der Waals surface area contributed by atoms with Gasteiger partial charge in [-0.3, -0.25) is 0 Å². The lowest BCUT2D eigenvalue weighted by atomic mass is 10.3. The average molecular weight is 308 g/mol. The van der Waals surface area contributed by atoms with Gasteiger partial charge in [-0.1, -0.05) is 23.2 Å². The van der Waals surface area contributed by atoms with Crippen molar-refractivity contribution >= 4 is 33.0 Å². The second-order valence-electron chi connectivity index (χ2n) is 4.57. The summed E-state index contributed by atoms with van der Waals surface area (Å²) < 4.78 is 24.9. The van der Waals surface area contributed by atoms with Crippen molar-refractivity contribution in [2.75, 3.05) is 7.05 Å². The minimum Gasteiger partial charge on any atom is -0.317 e. The summed E-state index contributed by atoms with van der Waals surface area (Å²) in [5.41, 5.74) is 0. The zero-order valence-corrected chi connectivity index (χ0v) is 12.3. The molecular weight excluding hydrogens is 293 g/mol. The molecule has 0 bridgehead atoms. The fourth-order valence-corrected chi connectivity index (χ4v) is 4.92. The topological polar surface area (TPSA) is 46.2 Å². The maximum Gasteiger partial charge on any atom is 0.181 e. The van der Waals surface area contributed by atoms with Gasteiger partial charge in [0, 0.05) is 16.1 Å². The summed E-state index contributed by atoms with van der Waals surface area (Å²) in [4.78, 5) is 0.224. The third kappa shape index (κ3) is 2.82. The number of halogens is 2. The van der Waals surface area contributed by atoms with Crippen LogP contribution in [0.3, 0.4) is 0 Å². The third-order valence-corrected chi connectivity index (χ3v) is 6.03. The van der Waals surface area contributed by atoms with Crippen molar-refractivity contribution in [3.05, 3.63) is 28.2 Å². The van der Waals surface area contributed by atoms with E-state index in [0.29, 0.717) is 22.9 Å². The number of benzene rings is 1. The van der Waals surface area contributed by atoms with E-state index < -0.39 is 9.84 Å². The summed E-state index contributed by atoms with van der Waals surface area (Å²) in [5.74, 6) is 0. The highest BCUT2D eigenvalue weighted by Gasteiger charge is 2.34. The van der Waals surface area contributed by atoms with Crippen molar-refractivity contribution in [3.8, 4) is 0 Å². The van der Waals surface area contributed by atoms with Gasteiger partial charge in [-0.05, 0) is 44.5 Å². The van der Waals surface area contributed by atoms with Gasteiger partial charge in [-0.2, -0.15) is 0 Å². The van der Waals surface area contributed by atoms with Crippen molar-refractivity contribution in [1.29, 1.82) is 0 Å². The van der Waals surface area contributed by atoms with E-state index in [2.05, 4.69) is 5.32 Å². The number of nitrogens with one attached hydrogen (secondary N) is 1. The Labute approximate surface area is 117 Å². The molecule has 0 radical (unpaired) electrons. The van der Waals surface area contributed by atoms with Gasteiger partial charge in [0.2, 0.25) is 0 Å². The van der Waals surface area contributed by atoms with Crippen LogP contribution < -0.4 is 5.32 Å². The molecule has 18 heavy (non-hydrogen) atoms. The highest BCUT2D eigenvalue weighted by molar-refractivity contribution is 7.92. The van der Waals surface area contributed by atoms with Gasteiger partial charge >= 0.3 is 0 Å². The molecule has 1 N–H and O–H groups in total. The molecule has 1 aromatic rings. The Balaban J connectivity index is 2.31. The van der Waals surface area contributed by atoms with Crippen LogP contribution in [-0.4, -0.2) is 26.8 Å². The molecule has 1 aliphatic carbocycles. The van der Waals surface area contributed by atoms with E-state index in [4.69, 9.17) is 23.2 Å². The molecule has 6 heteroatoms. The molecule has 0 aromatic heterocycles. The Morgan fingerprint density at radius 2 is 1.78 bits per heavy atom. The minimum atomic E-state index is -3.34. The van der Waals surface area contributed by atoms with Gasteiger partial charge in [0.1, 0.15) is 0 Å². The SMILES string of the molecule is CNC1CCC(S(=O)(=O)c2cc(Cl)cc(Cl)c2)C1. The number of hydrogen-bond donors (Lipinski definition) is 1. The Bertz CT molecular complexity index is 525. The first-order chi connectivity index (χ1) is 8.43. The number of hydrogen-bond acceptors (Lipinski definition) is 3. The lowest BCUT2D eigenvalue weighted by Crippen LogP contribution is -2.25. The maximum absolute atomic E-state index is 12.5. The molecular formula is C12H15Cl2NO2S. The predicted octanol–water partition coefficient (Wildman–Crippen LogP) is 2.91. The summed E-state index contributed by atoms with van der Waals surface area (Å²) >= 11 is 11.7. The van der Waals surface area contributed by atoms with E-state index in [1.54, 1.807) is 0 Å². The van der Waals surface area contributed by atoms with Crippen molar-refractivity contribution in [2.24, 2.45) is 0 Å². The van der Waals surface area contributed by atoms with Gasteiger partial charge in [-0.25, -0.2) is 8.42 Å². The molecule has 3 nitrogen and oxygen atoms in total. The molecule has 1 aromatic carbocycles. The first-order valence-corrected chi connectivity index (χ1v) is 8.11. The van der Waals surface area contributed by atoms with E-state index in [1.165, 1.54) is 18.2 Å². The van der Waals surface area contributed by atoms with E-state index in [9.17, 15) is 8.42 Å². The largest absolute Gasteiger partial charge is 0.317 e. The quantitative estimate of drug-likeness (QED) is 0.934. The fourth-order valence-electron chi connectivity index (χ4n) is 2.37. The van der Waals surface area contributed by atoms with Crippen LogP contribution in [0.25, 0.3) is 0 Å². The third-order valence-electron chi connectivity index (χ3n) is 3.40. The van der Waals surface area contributed by atoms with Crippen LogP contribution in [0.4, 0.5) is 0 Å². The maximum atomic E-state index is 12.5. The molecule has 1 saturated carbocycles. The Morgan fingerprint density at radius 3 is 2.28 bits per heavy atom. The van der Waals surface area contributed by atoms with Gasteiger partial charge in [0.05, 0.1) is 10.1 Å². The second kappa shape index (κ2) is 5.37. The summed E-state index contributed by atoms with van der Waals surface area (Å²) in [5, 5.41) is 3.48. The lowest BCUT2D eigenvalue weighted by Gasteiger charge is -2.13. The fraction of sp³-hybridized carbons (Fsp3) is 0.500. The average Bonchev–Trinajstić information content (AvgIpc) is 2.76. The van der Waals surface area contributed by atoms with Crippen LogP contribution in [0.1, 0.15) is 19.3 Å². The predicted molar refractivity (Wildman–Crippen MR) is 74.1 cm³/mol. The van der Waals surface area contributed by atoms with E-state index >= 15 is 0 Å². The molecule has 2 rings (SSSR count). The first kappa shape index (κ1) is 14.1. The van der Waals surface area contributed by atoms with Crippen LogP contribution in [0.15, 0.2) is 23.1 Å². The normalized spacial score (nSPS) is 24.4. The standard InChI is InChI=1S/C12H15Cl2NO2S/c1-15-10-2-3-11(7-10)18(16,17)12-5-8(13)4-9(14)6-12/h4-6,10-11,15H,2-3,7H2,1H3. The van der Waals surface area contributed by atoms with E-state index in [-0.39, 0.29) is 16.2 Å². The molecule has 0 saturated heterocycles. The molecule has 0 amide bonds. The molecule has 0 aliphatic heterocycles. The number of sulfone groups is 1. The van der Waals surface area contributed by atoms with Crippen molar-refractivity contribution in [3.63, 3.8) is 0 Å². The molecule has 0 heterocycles. The Hall–Kier alpha value is -0.290. The van der Waals surface area contributed by atoms with Crippen molar-refractivity contribution in [1.82, 2.24) is 5.32 Å². The summed E-state index contributed by atoms with van der Waals surface area (Å²) in [6, 6.07) is 4.75. The lowest BCUT2D eigenvalue weighted by molar-refractivity contribution is 0.564. The van der Waals surface area contributed by atoms with E-state index in [1.807, 2.05) is 7.05 Å². The van der Waals surface area contributed by atoms with Gasteiger partial charge in [-0.15, -0.1) is 0 Å². The zero-order chi connectivity index (χ0) is 13.3. The van der Waals surface area contributed by atoms with Crippen LogP contribution in [0, 0.1) is 0 Å². The minimum absolute atomic E-state index is 0.224. The zero-order valence-electron chi connectivity index (χ0n) is 9.99. The van der Waals surface area contributed by atoms with Gasteiger partial charge < -0.3 is 5.32 Å². The van der Waals surface area contributed by atoms with Crippen LogP contribution >= 0.6 is 23.2 Å². The highest BCUT2D eigenvalue weighted by atomic mass is 35.5. The van der Waals surface area contributed by atoms with Crippen LogP contribution in [0.5, 0.6) is 0 Å². The summed E-state index contributed by atoms with van der Waals surface area (Å²) in [6.45, 7) is 0. The Kier molecular flexibility index (Phi) is 4.22. The smallest absolute Gasteiger partial charge is 0.181 e. The molecule has 100 valence electrons. The monoisotopic (exact) mass is 307 g/mol. The van der Waals surface area contributed by atoms with Gasteiger partial charge in [0.25, 0.3) is 0 Å². The van der Waals surface area contributed by atoms with E-state index in [0.717, 1.165) is 6.42 Å². The first-order valence-electron chi connectivity index (χ1n) is 5.80. The van der Waals surface area contributed by atoms with Crippen molar-refractivity contribution in [2.45, 2.75) is 35.4 Å². The summed E-state index contributed by atoms with van der Waals surface area (Å²) in [6.07, 6.45) is 2.20. The number of rotatable bonds is 3. The molecule has 2 atom stereocenters. The van der Waals surface area contributed by atoms with Crippen molar-refractivity contribution < 1.29 is 8.42 Å². The summed E-state index contributed by atoms with van der Waals surface area (Å²) in [7, 11) is -1.48. The molecule has 1 aliphatic rings.